The van der Waals surface area contributed by atoms with Gasteiger partial charge in [0, 0.05) is 39.2 Å². The van der Waals surface area contributed by atoms with E-state index in [1.165, 1.54) is 13.8 Å². The zero-order valence-electron chi connectivity index (χ0n) is 20.7. The van der Waals surface area contributed by atoms with E-state index in [1.54, 1.807) is 23.1 Å². The van der Waals surface area contributed by atoms with E-state index in [2.05, 4.69) is 32.0 Å². The fourth-order valence-corrected chi connectivity index (χ4v) is 4.42. The van der Waals surface area contributed by atoms with Crippen LogP contribution >= 0.6 is 0 Å². The van der Waals surface area contributed by atoms with Crippen molar-refractivity contribution in [2.24, 2.45) is 0 Å². The maximum Gasteiger partial charge on any atom is 0.421 e. The highest BCUT2D eigenvalue weighted by molar-refractivity contribution is 5.93. The molecule has 37 heavy (non-hydrogen) atoms. The van der Waals surface area contributed by atoms with Crippen molar-refractivity contribution < 1.29 is 22.8 Å². The van der Waals surface area contributed by atoms with Gasteiger partial charge in [-0.1, -0.05) is 24.3 Å². The Balaban J connectivity index is 1.62. The van der Waals surface area contributed by atoms with Crippen molar-refractivity contribution in [3.8, 4) is 0 Å². The van der Waals surface area contributed by atoms with Gasteiger partial charge in [0.1, 0.15) is 11.4 Å². The summed E-state index contributed by atoms with van der Waals surface area (Å²) >= 11 is 0. The number of rotatable bonds is 7. The Morgan fingerprint density at radius 3 is 2.68 bits per heavy atom. The third-order valence-corrected chi connectivity index (χ3v) is 6.20. The Hall–Kier alpha value is -3.89. The van der Waals surface area contributed by atoms with E-state index >= 15 is 0 Å². The molecule has 1 aromatic heterocycles. The number of amides is 2. The van der Waals surface area contributed by atoms with Crippen LogP contribution in [0.2, 0.25) is 0 Å². The van der Waals surface area contributed by atoms with Crippen LogP contribution in [0.4, 0.5) is 36.3 Å². The minimum atomic E-state index is -4.70. The number of hydrogen-bond donors (Lipinski definition) is 3. The number of allylic oxidation sites excluding steroid dienone is 4. The molecule has 3 N–H and O–H groups in total. The molecule has 2 aromatic rings. The Labute approximate surface area is 213 Å². The molecule has 0 spiro atoms. The highest BCUT2D eigenvalue weighted by Crippen LogP contribution is 2.37. The zero-order chi connectivity index (χ0) is 26.6. The average molecular weight is 515 g/mol. The van der Waals surface area contributed by atoms with E-state index in [-0.39, 0.29) is 29.5 Å². The first kappa shape index (κ1) is 26.2. The largest absolute Gasteiger partial charge is 0.421 e. The fourth-order valence-electron chi connectivity index (χ4n) is 4.42. The van der Waals surface area contributed by atoms with E-state index in [4.69, 9.17) is 0 Å². The number of halogens is 3. The number of carbonyl (C=O) groups is 2. The molecule has 196 valence electrons. The number of hydrogen-bond acceptors (Lipinski definition) is 6. The van der Waals surface area contributed by atoms with Crippen LogP contribution in [0, 0.1) is 0 Å². The van der Waals surface area contributed by atoms with E-state index in [1.807, 2.05) is 12.2 Å². The number of likely N-dealkylation sites (tertiary alicyclic amines) is 1. The quantitative estimate of drug-likeness (QED) is 0.478. The van der Waals surface area contributed by atoms with Crippen LogP contribution < -0.4 is 16.0 Å². The number of alkyl halides is 3. The van der Waals surface area contributed by atoms with Crippen LogP contribution in [0.1, 0.15) is 44.2 Å². The smallest absolute Gasteiger partial charge is 0.350 e. The topological polar surface area (TPSA) is 99.2 Å². The summed E-state index contributed by atoms with van der Waals surface area (Å²) in [5.74, 6) is -0.835. The molecule has 1 aliphatic heterocycles. The second-order valence-corrected chi connectivity index (χ2v) is 9.18. The number of nitrogens with one attached hydrogen (secondary N) is 3. The summed E-state index contributed by atoms with van der Waals surface area (Å²) in [5, 5.41) is 8.52. The van der Waals surface area contributed by atoms with Crippen molar-refractivity contribution in [1.82, 2.24) is 14.9 Å². The van der Waals surface area contributed by atoms with E-state index < -0.39 is 17.6 Å². The first-order valence-corrected chi connectivity index (χ1v) is 12.1. The number of carbonyl (C=O) groups excluding carboxylic acids is 2. The molecule has 1 aliphatic carbocycles. The van der Waals surface area contributed by atoms with Crippen molar-refractivity contribution in [2.45, 2.75) is 51.7 Å². The average Bonchev–Trinajstić information content (AvgIpc) is 3.33. The highest BCUT2D eigenvalue weighted by Gasteiger charge is 2.36. The lowest BCUT2D eigenvalue weighted by atomic mass is 10.0. The Morgan fingerprint density at radius 1 is 1.19 bits per heavy atom. The standard InChI is InChI=1S/C26H29F3N6O2/c1-16(36)31-23-13-19(12-18-6-3-4-7-18)9-10-22(23)33-24-21(26(27,28)29)14-30-25(34-24)32-20-8-5-11-35(15-20)17(2)37/h3,6-7,9-10,13-14,20H,4-5,8,11-12,15H2,1-2H3,(H,31,36)(H2,30,32,33,34)/t20-/m0/s1. The molecule has 0 unspecified atom stereocenters. The fraction of sp³-hybridized carbons (Fsp3) is 0.385. The van der Waals surface area contributed by atoms with Crippen LogP contribution in [0.5, 0.6) is 0 Å². The lowest BCUT2D eigenvalue weighted by Gasteiger charge is -2.32. The van der Waals surface area contributed by atoms with Gasteiger partial charge in [0.15, 0.2) is 0 Å². The maximum atomic E-state index is 13.8. The summed E-state index contributed by atoms with van der Waals surface area (Å²) in [5.41, 5.74) is 1.61. The molecule has 0 saturated carbocycles. The number of nitrogens with zero attached hydrogens (tertiary/aromatic N) is 3. The van der Waals surface area contributed by atoms with Gasteiger partial charge in [-0.05, 0) is 49.0 Å². The van der Waals surface area contributed by atoms with Crippen LogP contribution in [0.15, 0.2) is 48.2 Å². The van der Waals surface area contributed by atoms with Crippen LogP contribution in [-0.2, 0) is 22.2 Å². The van der Waals surface area contributed by atoms with Crippen molar-refractivity contribution >= 4 is 35.0 Å². The second kappa shape index (κ2) is 11.0. The molecule has 2 aliphatic rings. The minimum Gasteiger partial charge on any atom is -0.350 e. The normalized spacial score (nSPS) is 17.4. The van der Waals surface area contributed by atoms with Crippen molar-refractivity contribution in [1.29, 1.82) is 0 Å². The Kier molecular flexibility index (Phi) is 7.80. The molecule has 2 heterocycles. The molecule has 0 bridgehead atoms. The molecule has 1 atom stereocenters. The molecular weight excluding hydrogens is 485 g/mol. The lowest BCUT2D eigenvalue weighted by molar-refractivity contribution is -0.137. The first-order valence-electron chi connectivity index (χ1n) is 12.1. The summed E-state index contributed by atoms with van der Waals surface area (Å²) in [6.45, 7) is 3.88. The third kappa shape index (κ3) is 6.87. The molecule has 11 heteroatoms. The Morgan fingerprint density at radius 2 is 2.00 bits per heavy atom. The van der Waals surface area contributed by atoms with Gasteiger partial charge < -0.3 is 20.9 Å². The molecule has 1 aromatic carbocycles. The highest BCUT2D eigenvalue weighted by atomic mass is 19.4. The van der Waals surface area contributed by atoms with Crippen molar-refractivity contribution in [3.63, 3.8) is 0 Å². The van der Waals surface area contributed by atoms with Gasteiger partial charge in [-0.3, -0.25) is 9.59 Å². The number of benzene rings is 1. The summed E-state index contributed by atoms with van der Waals surface area (Å²) in [4.78, 5) is 33.3. The van der Waals surface area contributed by atoms with Gasteiger partial charge in [-0.2, -0.15) is 18.2 Å². The SMILES string of the molecule is CC(=O)Nc1cc(CC2=CCC=C2)ccc1Nc1nc(N[C@H]2CCCN(C(C)=O)C2)ncc1C(F)(F)F. The van der Waals surface area contributed by atoms with Gasteiger partial charge in [-0.25, -0.2) is 4.98 Å². The van der Waals surface area contributed by atoms with Gasteiger partial charge in [0.25, 0.3) is 0 Å². The molecule has 2 amide bonds. The van der Waals surface area contributed by atoms with Gasteiger partial charge >= 0.3 is 6.18 Å². The summed E-state index contributed by atoms with van der Waals surface area (Å²) in [6, 6.07) is 4.98. The summed E-state index contributed by atoms with van der Waals surface area (Å²) in [6.07, 6.45) is 5.20. The maximum absolute atomic E-state index is 13.8. The van der Waals surface area contributed by atoms with Crippen molar-refractivity contribution in [2.75, 3.05) is 29.0 Å². The number of anilines is 4. The van der Waals surface area contributed by atoms with Crippen LogP contribution in [0.25, 0.3) is 0 Å². The van der Waals surface area contributed by atoms with Crippen molar-refractivity contribution in [3.05, 3.63) is 59.3 Å². The van der Waals surface area contributed by atoms with Gasteiger partial charge in [0.2, 0.25) is 17.8 Å². The predicted octanol–water partition coefficient (Wildman–Crippen LogP) is 5.05. The predicted molar refractivity (Wildman–Crippen MR) is 136 cm³/mol. The van der Waals surface area contributed by atoms with Crippen LogP contribution in [0.3, 0.4) is 0 Å². The minimum absolute atomic E-state index is 0.0172. The monoisotopic (exact) mass is 514 g/mol. The van der Waals surface area contributed by atoms with E-state index in [0.29, 0.717) is 25.2 Å². The third-order valence-electron chi connectivity index (χ3n) is 6.20. The molecule has 1 fully saturated rings. The molecule has 1 saturated heterocycles. The van der Waals surface area contributed by atoms with Gasteiger partial charge in [-0.15, -0.1) is 0 Å². The molecule has 8 nitrogen and oxygen atoms in total. The van der Waals surface area contributed by atoms with Gasteiger partial charge in [0.05, 0.1) is 11.4 Å². The Bertz CT molecular complexity index is 1240. The zero-order valence-corrected chi connectivity index (χ0v) is 20.7. The molecule has 0 radical (unpaired) electrons. The molecular formula is C26H29F3N6O2. The number of aromatic nitrogens is 2. The summed E-state index contributed by atoms with van der Waals surface area (Å²) < 4.78 is 41.4. The van der Waals surface area contributed by atoms with E-state index in [0.717, 1.165) is 36.6 Å². The second-order valence-electron chi connectivity index (χ2n) is 9.18. The lowest BCUT2D eigenvalue weighted by Crippen LogP contribution is -2.44. The van der Waals surface area contributed by atoms with E-state index in [9.17, 15) is 22.8 Å². The summed E-state index contributed by atoms with van der Waals surface area (Å²) in [7, 11) is 0. The van der Waals surface area contributed by atoms with Crippen LogP contribution in [-0.4, -0.2) is 45.8 Å². The number of piperidine rings is 1. The first-order chi connectivity index (χ1) is 17.6. The molecule has 4 rings (SSSR count).